The largest absolute Gasteiger partial charge is 0.378 e. The van der Waals surface area contributed by atoms with E-state index in [2.05, 4.69) is 20.0 Å². The minimum atomic E-state index is -2.63. The molecule has 0 spiro atoms. The summed E-state index contributed by atoms with van der Waals surface area (Å²) in [6.07, 6.45) is 6.43. The van der Waals surface area contributed by atoms with Crippen LogP contribution in [0.2, 0.25) is 0 Å². The van der Waals surface area contributed by atoms with Crippen LogP contribution in [0.5, 0.6) is 0 Å². The van der Waals surface area contributed by atoms with Crippen LogP contribution in [-0.4, -0.2) is 69.3 Å². The third kappa shape index (κ3) is 5.74. The van der Waals surface area contributed by atoms with Crippen molar-refractivity contribution in [2.24, 2.45) is 7.05 Å². The first-order valence-electron chi connectivity index (χ1n) is 14.8. The van der Waals surface area contributed by atoms with E-state index in [0.717, 1.165) is 86.5 Å². The fourth-order valence-electron chi connectivity index (χ4n) is 6.43. The fourth-order valence-corrected chi connectivity index (χ4v) is 6.43. The molecule has 41 heavy (non-hydrogen) atoms. The van der Waals surface area contributed by atoms with Crippen LogP contribution < -0.4 is 10.2 Å². The predicted molar refractivity (Wildman–Crippen MR) is 152 cm³/mol. The number of carbonyl (C=O) groups is 1. The van der Waals surface area contributed by atoms with E-state index in [1.807, 2.05) is 11.0 Å². The van der Waals surface area contributed by atoms with Gasteiger partial charge in [-0.2, -0.15) is 10.2 Å². The van der Waals surface area contributed by atoms with E-state index in [4.69, 9.17) is 9.84 Å². The Balaban J connectivity index is 1.32. The Morgan fingerprint density at radius 3 is 2.76 bits per heavy atom. The minimum absolute atomic E-state index is 0.00243. The van der Waals surface area contributed by atoms with E-state index in [1.165, 1.54) is 0 Å². The Morgan fingerprint density at radius 1 is 1.20 bits per heavy atom. The Kier molecular flexibility index (Phi) is 8.07. The molecule has 0 radical (unpaired) electrons. The summed E-state index contributed by atoms with van der Waals surface area (Å²) in [5.74, 6) is 0.811. The van der Waals surface area contributed by atoms with E-state index in [9.17, 15) is 13.6 Å². The van der Waals surface area contributed by atoms with Crippen molar-refractivity contribution in [2.45, 2.75) is 71.1 Å². The summed E-state index contributed by atoms with van der Waals surface area (Å²) >= 11 is 0. The third-order valence-electron chi connectivity index (χ3n) is 8.59. The molecule has 3 aliphatic heterocycles. The number of amides is 1. The van der Waals surface area contributed by atoms with Gasteiger partial charge in [0.05, 0.1) is 18.8 Å². The second-order valence-corrected chi connectivity index (χ2v) is 11.4. The average molecular weight is 568 g/mol. The SMILES string of the molecule is CC(=O)N1CCc2c(c(N3CCCc4cc(-c5cnn(C)c5)c(C(F)F)cc43)nn2CCCOC2CCNCC2)C1. The first-order valence-corrected chi connectivity index (χ1v) is 14.8. The molecule has 1 amide bonds. The van der Waals surface area contributed by atoms with E-state index in [1.54, 1.807) is 37.1 Å². The van der Waals surface area contributed by atoms with Crippen molar-refractivity contribution in [3.05, 3.63) is 46.9 Å². The zero-order valence-electron chi connectivity index (χ0n) is 23.9. The Bertz CT molecular complexity index is 1400. The summed E-state index contributed by atoms with van der Waals surface area (Å²) in [5, 5.41) is 12.7. The second kappa shape index (κ2) is 11.9. The predicted octanol–water partition coefficient (Wildman–Crippen LogP) is 4.37. The summed E-state index contributed by atoms with van der Waals surface area (Å²) < 4.78 is 38.7. The van der Waals surface area contributed by atoms with Crippen molar-refractivity contribution in [1.29, 1.82) is 0 Å². The molecular formula is C30H39F2N7O2. The van der Waals surface area contributed by atoms with E-state index in [0.29, 0.717) is 43.5 Å². The van der Waals surface area contributed by atoms with Gasteiger partial charge in [0.1, 0.15) is 0 Å². The number of anilines is 2. The van der Waals surface area contributed by atoms with Crippen LogP contribution in [0.3, 0.4) is 0 Å². The fraction of sp³-hybridized carbons (Fsp3) is 0.567. The smallest absolute Gasteiger partial charge is 0.264 e. The zero-order chi connectivity index (χ0) is 28.5. The average Bonchev–Trinajstić information content (AvgIpc) is 3.58. The molecule has 5 heterocycles. The molecule has 1 fully saturated rings. The van der Waals surface area contributed by atoms with Crippen molar-refractivity contribution < 1.29 is 18.3 Å². The van der Waals surface area contributed by atoms with Crippen molar-refractivity contribution in [3.8, 4) is 11.1 Å². The highest BCUT2D eigenvalue weighted by Crippen LogP contribution is 2.42. The van der Waals surface area contributed by atoms with Crippen molar-refractivity contribution in [1.82, 2.24) is 29.8 Å². The van der Waals surface area contributed by atoms with E-state index < -0.39 is 6.43 Å². The molecule has 0 saturated carbocycles. The molecule has 0 unspecified atom stereocenters. The number of piperidine rings is 1. The number of nitrogens with zero attached hydrogens (tertiary/aromatic N) is 6. The number of ether oxygens (including phenoxy) is 1. The number of hydrogen-bond donors (Lipinski definition) is 1. The molecule has 11 heteroatoms. The first kappa shape index (κ1) is 27.8. The quantitative estimate of drug-likeness (QED) is 0.408. The number of alkyl halides is 2. The Hall–Kier alpha value is -3.31. The van der Waals surface area contributed by atoms with Crippen LogP contribution in [0.15, 0.2) is 24.5 Å². The molecule has 1 saturated heterocycles. The zero-order valence-corrected chi connectivity index (χ0v) is 23.9. The van der Waals surface area contributed by atoms with Gasteiger partial charge in [0, 0.05) is 80.9 Å². The van der Waals surface area contributed by atoms with Crippen LogP contribution in [0.25, 0.3) is 11.1 Å². The monoisotopic (exact) mass is 567 g/mol. The Labute approximate surface area is 239 Å². The molecule has 0 bridgehead atoms. The number of carbonyl (C=O) groups excluding carboxylic acids is 1. The van der Waals surface area contributed by atoms with Gasteiger partial charge in [0.25, 0.3) is 6.43 Å². The van der Waals surface area contributed by atoms with Gasteiger partial charge in [0.15, 0.2) is 5.82 Å². The van der Waals surface area contributed by atoms with Gasteiger partial charge in [-0.25, -0.2) is 8.78 Å². The molecule has 0 aliphatic carbocycles. The number of benzene rings is 1. The van der Waals surface area contributed by atoms with Gasteiger partial charge in [-0.05, 0) is 68.5 Å². The standard InChI is InChI=1S/C30H39F2N7O2/c1-20(40)37-13-8-27-26(19-37)30(35-39(27)12-4-14-41-23-6-9-33-10-7-23)38-11-3-5-21-15-24(22-17-34-36(2)18-22)25(29(31)32)16-28(21)38/h15-18,23,29,33H,3-14,19H2,1-2H3. The molecule has 3 aromatic rings. The summed E-state index contributed by atoms with van der Waals surface area (Å²) in [7, 11) is 1.79. The number of hydrogen-bond acceptors (Lipinski definition) is 6. The number of halogens is 2. The lowest BCUT2D eigenvalue weighted by Crippen LogP contribution is -2.35. The van der Waals surface area contributed by atoms with Crippen molar-refractivity contribution in [3.63, 3.8) is 0 Å². The van der Waals surface area contributed by atoms with Gasteiger partial charge >= 0.3 is 0 Å². The number of aromatic nitrogens is 4. The third-order valence-corrected chi connectivity index (χ3v) is 8.59. The molecule has 3 aliphatic rings. The molecular weight excluding hydrogens is 528 g/mol. The first-order chi connectivity index (χ1) is 19.9. The van der Waals surface area contributed by atoms with Crippen LogP contribution in [0, 0.1) is 0 Å². The maximum atomic E-state index is 14.4. The van der Waals surface area contributed by atoms with Crippen molar-refractivity contribution >= 4 is 17.4 Å². The lowest BCUT2D eigenvalue weighted by molar-refractivity contribution is -0.129. The number of rotatable bonds is 8. The Morgan fingerprint density at radius 2 is 2.02 bits per heavy atom. The van der Waals surface area contributed by atoms with Gasteiger partial charge in [-0.15, -0.1) is 0 Å². The minimum Gasteiger partial charge on any atom is -0.378 e. The normalized spacial score (nSPS) is 17.7. The topological polar surface area (TPSA) is 80.5 Å². The summed E-state index contributed by atoms with van der Waals surface area (Å²) in [5.41, 5.74) is 5.17. The van der Waals surface area contributed by atoms with Crippen LogP contribution in [-0.2, 0) is 42.5 Å². The van der Waals surface area contributed by atoms with Crippen molar-refractivity contribution in [2.75, 3.05) is 37.7 Å². The molecule has 9 nitrogen and oxygen atoms in total. The molecule has 1 N–H and O–H groups in total. The maximum Gasteiger partial charge on any atom is 0.264 e. The van der Waals surface area contributed by atoms with E-state index in [-0.39, 0.29) is 11.5 Å². The van der Waals surface area contributed by atoms with Crippen LogP contribution >= 0.6 is 0 Å². The van der Waals surface area contributed by atoms with Gasteiger partial charge < -0.3 is 19.9 Å². The number of aryl methyl sites for hydroxylation is 3. The molecule has 0 atom stereocenters. The van der Waals surface area contributed by atoms with Gasteiger partial charge in [-0.1, -0.05) is 0 Å². The highest BCUT2D eigenvalue weighted by molar-refractivity contribution is 5.78. The maximum absolute atomic E-state index is 14.4. The second-order valence-electron chi connectivity index (χ2n) is 11.4. The highest BCUT2D eigenvalue weighted by atomic mass is 19.3. The van der Waals surface area contributed by atoms with Gasteiger partial charge in [0.2, 0.25) is 5.91 Å². The molecule has 6 rings (SSSR count). The summed E-state index contributed by atoms with van der Waals surface area (Å²) in [4.78, 5) is 16.3. The van der Waals surface area contributed by atoms with E-state index >= 15 is 0 Å². The lowest BCUT2D eigenvalue weighted by Gasteiger charge is -2.33. The number of fused-ring (bicyclic) bond motifs is 2. The van der Waals surface area contributed by atoms with Gasteiger partial charge in [-0.3, -0.25) is 14.2 Å². The highest BCUT2D eigenvalue weighted by Gasteiger charge is 2.32. The molecule has 220 valence electrons. The molecule has 1 aromatic carbocycles. The number of nitrogens with one attached hydrogen (secondary N) is 1. The summed E-state index contributed by atoms with van der Waals surface area (Å²) in [6.45, 7) is 6.81. The lowest BCUT2D eigenvalue weighted by atomic mass is 9.92. The summed E-state index contributed by atoms with van der Waals surface area (Å²) in [6, 6.07) is 3.55. The van der Waals surface area contributed by atoms with Crippen LogP contribution in [0.4, 0.5) is 20.3 Å². The molecule has 2 aromatic heterocycles. The van der Waals surface area contributed by atoms with Crippen LogP contribution in [0.1, 0.15) is 61.4 Å².